The first-order valence-electron chi connectivity index (χ1n) is 4.76. The summed E-state index contributed by atoms with van der Waals surface area (Å²) in [4.78, 5) is 33.7. The molecule has 1 aliphatic rings. The first-order valence-corrected chi connectivity index (χ1v) is 4.76. The van der Waals surface area contributed by atoms with Gasteiger partial charge in [-0.3, -0.25) is 14.4 Å². The summed E-state index contributed by atoms with van der Waals surface area (Å²) in [7, 11) is 0. The van der Waals surface area contributed by atoms with Gasteiger partial charge in [-0.05, 0) is 19.3 Å². The Morgan fingerprint density at radius 2 is 2.15 bits per heavy atom. The lowest BCUT2D eigenvalue weighted by Gasteiger charge is -2.17. The summed E-state index contributed by atoms with van der Waals surface area (Å²) in [6.45, 7) is 1.90. The topological polar surface area (TPSA) is 51.2 Å². The van der Waals surface area contributed by atoms with Crippen LogP contribution < -0.4 is 0 Å². The van der Waals surface area contributed by atoms with E-state index in [9.17, 15) is 14.4 Å². The van der Waals surface area contributed by atoms with Crippen molar-refractivity contribution >= 4 is 17.3 Å². The highest BCUT2D eigenvalue weighted by atomic mass is 16.2. The van der Waals surface area contributed by atoms with Crippen molar-refractivity contribution in [2.75, 3.05) is 0 Å². The van der Waals surface area contributed by atoms with Gasteiger partial charge < -0.3 is 0 Å². The lowest BCUT2D eigenvalue weighted by molar-refractivity contribution is -0.144. The SMILES string of the molecule is CCCC(=O)C1CCCC(=O)C1=O. The Balaban J connectivity index is 2.63. The maximum absolute atomic E-state index is 11.4. The molecule has 0 radical (unpaired) electrons. The third kappa shape index (κ3) is 2.23. The molecule has 72 valence electrons. The van der Waals surface area contributed by atoms with Gasteiger partial charge in [0.2, 0.25) is 5.78 Å². The molecule has 1 aliphatic carbocycles. The van der Waals surface area contributed by atoms with Gasteiger partial charge in [-0.1, -0.05) is 6.92 Å². The first-order chi connectivity index (χ1) is 6.16. The minimum atomic E-state index is -0.610. The minimum absolute atomic E-state index is 0.0550. The number of hydrogen-bond donors (Lipinski definition) is 0. The minimum Gasteiger partial charge on any atom is -0.299 e. The standard InChI is InChI=1S/C10H14O3/c1-2-4-8(11)7-5-3-6-9(12)10(7)13/h7H,2-6H2,1H3. The van der Waals surface area contributed by atoms with Crippen LogP contribution in [0.2, 0.25) is 0 Å². The van der Waals surface area contributed by atoms with Crippen LogP contribution in [0.25, 0.3) is 0 Å². The summed E-state index contributed by atoms with van der Waals surface area (Å²) in [5.74, 6) is -1.48. The van der Waals surface area contributed by atoms with Gasteiger partial charge in [-0.2, -0.15) is 0 Å². The van der Waals surface area contributed by atoms with E-state index in [4.69, 9.17) is 0 Å². The van der Waals surface area contributed by atoms with E-state index in [1.165, 1.54) is 0 Å². The van der Waals surface area contributed by atoms with Crippen LogP contribution in [0, 0.1) is 5.92 Å². The predicted octanol–water partition coefficient (Wildman–Crippen LogP) is 1.29. The van der Waals surface area contributed by atoms with Crippen LogP contribution in [0.3, 0.4) is 0 Å². The molecule has 3 heteroatoms. The molecule has 0 aromatic rings. The lowest BCUT2D eigenvalue weighted by atomic mass is 9.83. The second-order valence-corrected chi connectivity index (χ2v) is 3.45. The zero-order valence-electron chi connectivity index (χ0n) is 7.84. The summed E-state index contributed by atoms with van der Waals surface area (Å²) < 4.78 is 0. The average molecular weight is 182 g/mol. The Labute approximate surface area is 77.5 Å². The van der Waals surface area contributed by atoms with E-state index in [-0.39, 0.29) is 11.6 Å². The van der Waals surface area contributed by atoms with Crippen LogP contribution in [0.5, 0.6) is 0 Å². The molecule has 1 rings (SSSR count). The molecule has 1 fully saturated rings. The molecule has 3 nitrogen and oxygen atoms in total. The van der Waals surface area contributed by atoms with Gasteiger partial charge in [0.05, 0.1) is 5.92 Å². The molecule has 0 saturated heterocycles. The zero-order chi connectivity index (χ0) is 9.84. The Kier molecular flexibility index (Phi) is 3.34. The lowest BCUT2D eigenvalue weighted by Crippen LogP contribution is -2.33. The van der Waals surface area contributed by atoms with Crippen molar-refractivity contribution in [2.24, 2.45) is 5.92 Å². The molecule has 1 atom stereocenters. The fourth-order valence-corrected chi connectivity index (χ4v) is 1.64. The highest BCUT2D eigenvalue weighted by Crippen LogP contribution is 2.20. The smallest absolute Gasteiger partial charge is 0.208 e. The quantitative estimate of drug-likeness (QED) is 0.488. The first kappa shape index (κ1) is 10.1. The number of Topliss-reactive ketones (excluding diaryl/α,β-unsaturated/α-hetero) is 3. The van der Waals surface area contributed by atoms with E-state index < -0.39 is 11.7 Å². The second kappa shape index (κ2) is 4.30. The fourth-order valence-electron chi connectivity index (χ4n) is 1.64. The third-order valence-corrected chi connectivity index (χ3v) is 2.37. The van der Waals surface area contributed by atoms with Gasteiger partial charge >= 0.3 is 0 Å². The Morgan fingerprint density at radius 1 is 1.46 bits per heavy atom. The number of hydrogen-bond acceptors (Lipinski definition) is 3. The molecule has 0 N–H and O–H groups in total. The largest absolute Gasteiger partial charge is 0.299 e. The molecule has 0 aromatic carbocycles. The van der Waals surface area contributed by atoms with Gasteiger partial charge in [0.1, 0.15) is 5.78 Å². The summed E-state index contributed by atoms with van der Waals surface area (Å²) in [5, 5.41) is 0. The molecule has 1 saturated carbocycles. The van der Waals surface area contributed by atoms with Crippen molar-refractivity contribution in [1.82, 2.24) is 0 Å². The molecule has 0 aliphatic heterocycles. The van der Waals surface area contributed by atoms with Crippen molar-refractivity contribution in [2.45, 2.75) is 39.0 Å². The molecule has 0 aromatic heterocycles. The van der Waals surface area contributed by atoms with Crippen molar-refractivity contribution in [3.8, 4) is 0 Å². The van der Waals surface area contributed by atoms with Gasteiger partial charge in [-0.25, -0.2) is 0 Å². The fraction of sp³-hybridized carbons (Fsp3) is 0.700. The van der Waals surface area contributed by atoms with Crippen LogP contribution in [0.4, 0.5) is 0 Å². The van der Waals surface area contributed by atoms with E-state index in [2.05, 4.69) is 0 Å². The third-order valence-electron chi connectivity index (χ3n) is 2.37. The molecular weight excluding hydrogens is 168 g/mol. The van der Waals surface area contributed by atoms with Gasteiger partial charge in [0.25, 0.3) is 0 Å². The summed E-state index contributed by atoms with van der Waals surface area (Å²) in [5.41, 5.74) is 0. The molecular formula is C10H14O3. The molecule has 0 bridgehead atoms. The number of rotatable bonds is 3. The van der Waals surface area contributed by atoms with Crippen LogP contribution in [-0.4, -0.2) is 17.3 Å². The van der Waals surface area contributed by atoms with Crippen molar-refractivity contribution in [1.29, 1.82) is 0 Å². The van der Waals surface area contributed by atoms with E-state index in [1.807, 2.05) is 6.92 Å². The zero-order valence-corrected chi connectivity index (χ0v) is 7.84. The monoisotopic (exact) mass is 182 g/mol. The molecule has 13 heavy (non-hydrogen) atoms. The van der Waals surface area contributed by atoms with Crippen molar-refractivity contribution in [3.63, 3.8) is 0 Å². The summed E-state index contributed by atoms with van der Waals surface area (Å²) >= 11 is 0. The van der Waals surface area contributed by atoms with Crippen LogP contribution in [0.15, 0.2) is 0 Å². The van der Waals surface area contributed by atoms with Crippen molar-refractivity contribution < 1.29 is 14.4 Å². The average Bonchev–Trinajstić information content (AvgIpc) is 2.10. The van der Waals surface area contributed by atoms with Gasteiger partial charge in [-0.15, -0.1) is 0 Å². The van der Waals surface area contributed by atoms with Crippen LogP contribution >= 0.6 is 0 Å². The normalized spacial score (nSPS) is 23.3. The van der Waals surface area contributed by atoms with E-state index in [1.54, 1.807) is 0 Å². The Morgan fingerprint density at radius 3 is 2.77 bits per heavy atom. The highest BCUT2D eigenvalue weighted by molar-refractivity contribution is 6.41. The number of ketones is 3. The van der Waals surface area contributed by atoms with E-state index in [0.717, 1.165) is 6.42 Å². The maximum atomic E-state index is 11.4. The van der Waals surface area contributed by atoms with Gasteiger partial charge in [0, 0.05) is 12.8 Å². The predicted molar refractivity (Wildman–Crippen MR) is 47.3 cm³/mol. The Bertz CT molecular complexity index is 243. The molecule has 0 amide bonds. The summed E-state index contributed by atoms with van der Waals surface area (Å²) in [6.07, 6.45) is 2.75. The second-order valence-electron chi connectivity index (χ2n) is 3.45. The van der Waals surface area contributed by atoms with E-state index >= 15 is 0 Å². The number of carbonyl (C=O) groups excluding carboxylic acids is 3. The maximum Gasteiger partial charge on any atom is 0.208 e. The van der Waals surface area contributed by atoms with Crippen LogP contribution in [-0.2, 0) is 14.4 Å². The van der Waals surface area contributed by atoms with Crippen LogP contribution in [0.1, 0.15) is 39.0 Å². The highest BCUT2D eigenvalue weighted by Gasteiger charge is 2.33. The Hall–Kier alpha value is -0.990. The number of carbonyl (C=O) groups is 3. The molecule has 0 heterocycles. The molecule has 1 unspecified atom stereocenters. The van der Waals surface area contributed by atoms with Gasteiger partial charge in [0.15, 0.2) is 5.78 Å². The molecule has 0 spiro atoms. The van der Waals surface area contributed by atoms with Crippen molar-refractivity contribution in [3.05, 3.63) is 0 Å². The van der Waals surface area contributed by atoms with E-state index in [0.29, 0.717) is 25.7 Å². The summed E-state index contributed by atoms with van der Waals surface area (Å²) in [6, 6.07) is 0.